The number of methoxy groups -OCH3 is 1. The number of phenols is 1. The number of hydrogen-bond donors (Lipinski definition) is 3. The Balaban J connectivity index is 1.74. The number of hydrogen-bond acceptors (Lipinski definition) is 3. The van der Waals surface area contributed by atoms with Crippen molar-refractivity contribution in [3.63, 3.8) is 0 Å². The average molecular weight is 264 g/mol. The molecule has 3 N–H and O–H groups in total. The zero-order valence-corrected chi connectivity index (χ0v) is 11.1. The molecule has 0 heterocycles. The third-order valence-corrected chi connectivity index (χ3v) is 3.47. The summed E-state index contributed by atoms with van der Waals surface area (Å²) >= 11 is 0. The van der Waals surface area contributed by atoms with Gasteiger partial charge in [0.1, 0.15) is 0 Å². The number of urea groups is 1. The maximum Gasteiger partial charge on any atom is 0.315 e. The molecular formula is C14H20N2O3. The van der Waals surface area contributed by atoms with E-state index < -0.39 is 0 Å². The number of benzene rings is 1. The maximum absolute atomic E-state index is 11.6. The molecule has 0 saturated heterocycles. The summed E-state index contributed by atoms with van der Waals surface area (Å²) in [6, 6.07) is 4.91. The summed E-state index contributed by atoms with van der Waals surface area (Å²) in [7, 11) is 1.50. The smallest absolute Gasteiger partial charge is 0.315 e. The lowest BCUT2D eigenvalue weighted by molar-refractivity contribution is 0.232. The Morgan fingerprint density at radius 1 is 1.42 bits per heavy atom. The minimum atomic E-state index is -0.165. The molecule has 19 heavy (non-hydrogen) atoms. The van der Waals surface area contributed by atoms with Gasteiger partial charge < -0.3 is 20.5 Å². The molecule has 1 aliphatic carbocycles. The molecule has 1 aromatic rings. The van der Waals surface area contributed by atoms with E-state index in [-0.39, 0.29) is 11.8 Å². The summed E-state index contributed by atoms with van der Waals surface area (Å²) in [6.45, 7) is 1.13. The average Bonchev–Trinajstić information content (AvgIpc) is 2.34. The zero-order chi connectivity index (χ0) is 13.7. The van der Waals surface area contributed by atoms with Crippen molar-refractivity contribution in [3.05, 3.63) is 23.8 Å². The van der Waals surface area contributed by atoms with Crippen LogP contribution in [0.3, 0.4) is 0 Å². The molecule has 5 heteroatoms. The van der Waals surface area contributed by atoms with Gasteiger partial charge in [-0.3, -0.25) is 0 Å². The SMILES string of the molecule is COc1ccc(CNC(=O)NCC2CCC2)cc1O. The molecule has 0 aliphatic heterocycles. The van der Waals surface area contributed by atoms with E-state index in [4.69, 9.17) is 4.74 Å². The summed E-state index contributed by atoms with van der Waals surface area (Å²) in [5.41, 5.74) is 0.831. The van der Waals surface area contributed by atoms with Gasteiger partial charge >= 0.3 is 6.03 Å². The van der Waals surface area contributed by atoms with Gasteiger partial charge in [0.2, 0.25) is 0 Å². The minimum absolute atomic E-state index is 0.0803. The second-order valence-corrected chi connectivity index (χ2v) is 4.87. The molecular weight excluding hydrogens is 244 g/mol. The van der Waals surface area contributed by atoms with Crippen LogP contribution in [-0.2, 0) is 6.54 Å². The van der Waals surface area contributed by atoms with Crippen LogP contribution in [0.25, 0.3) is 0 Å². The fraction of sp³-hybridized carbons (Fsp3) is 0.500. The number of carbonyl (C=O) groups excluding carboxylic acids is 1. The predicted molar refractivity (Wildman–Crippen MR) is 72.2 cm³/mol. The maximum atomic E-state index is 11.6. The van der Waals surface area contributed by atoms with E-state index in [1.165, 1.54) is 26.4 Å². The summed E-state index contributed by atoms with van der Waals surface area (Å²) in [4.78, 5) is 11.6. The van der Waals surface area contributed by atoms with E-state index in [0.29, 0.717) is 18.2 Å². The minimum Gasteiger partial charge on any atom is -0.504 e. The van der Waals surface area contributed by atoms with Gasteiger partial charge in [0.15, 0.2) is 11.5 Å². The number of rotatable bonds is 5. The Morgan fingerprint density at radius 2 is 2.21 bits per heavy atom. The van der Waals surface area contributed by atoms with E-state index in [9.17, 15) is 9.90 Å². The third-order valence-electron chi connectivity index (χ3n) is 3.47. The third kappa shape index (κ3) is 3.77. The number of phenolic OH excluding ortho intramolecular Hbond substituents is 1. The molecule has 104 valence electrons. The van der Waals surface area contributed by atoms with Crippen LogP contribution in [0, 0.1) is 5.92 Å². The first-order valence-electron chi connectivity index (χ1n) is 6.56. The van der Waals surface area contributed by atoms with Gasteiger partial charge in [-0.25, -0.2) is 4.79 Å². The quantitative estimate of drug-likeness (QED) is 0.761. The molecule has 0 unspecified atom stereocenters. The van der Waals surface area contributed by atoms with Gasteiger partial charge in [-0.2, -0.15) is 0 Å². The topological polar surface area (TPSA) is 70.6 Å². The first-order chi connectivity index (χ1) is 9.19. The van der Waals surface area contributed by atoms with Gasteiger partial charge in [-0.15, -0.1) is 0 Å². The first kappa shape index (κ1) is 13.5. The van der Waals surface area contributed by atoms with Crippen molar-refractivity contribution in [2.45, 2.75) is 25.8 Å². The van der Waals surface area contributed by atoms with Crippen molar-refractivity contribution in [1.82, 2.24) is 10.6 Å². The zero-order valence-electron chi connectivity index (χ0n) is 11.1. The molecule has 0 atom stereocenters. The van der Waals surface area contributed by atoms with Gasteiger partial charge in [0.05, 0.1) is 7.11 Å². The molecule has 0 aromatic heterocycles. The lowest BCUT2D eigenvalue weighted by Gasteiger charge is -2.25. The standard InChI is InChI=1S/C14H20N2O3/c1-19-13-6-5-11(7-12(13)17)9-16-14(18)15-8-10-3-2-4-10/h5-7,10,17H,2-4,8-9H2,1H3,(H2,15,16,18). The van der Waals surface area contributed by atoms with Crippen molar-refractivity contribution in [2.24, 2.45) is 5.92 Å². The van der Waals surface area contributed by atoms with Crippen LogP contribution in [0.2, 0.25) is 0 Å². The van der Waals surface area contributed by atoms with Crippen LogP contribution < -0.4 is 15.4 Å². The lowest BCUT2D eigenvalue weighted by atomic mass is 9.85. The first-order valence-corrected chi connectivity index (χ1v) is 6.56. The van der Waals surface area contributed by atoms with Gasteiger partial charge in [-0.05, 0) is 36.5 Å². The highest BCUT2D eigenvalue weighted by molar-refractivity contribution is 5.73. The lowest BCUT2D eigenvalue weighted by Crippen LogP contribution is -2.39. The molecule has 0 bridgehead atoms. The fourth-order valence-corrected chi connectivity index (χ4v) is 2.02. The van der Waals surface area contributed by atoms with Crippen molar-refractivity contribution in [1.29, 1.82) is 0 Å². The molecule has 2 amide bonds. The molecule has 5 nitrogen and oxygen atoms in total. The van der Waals surface area contributed by atoms with Crippen molar-refractivity contribution >= 4 is 6.03 Å². The van der Waals surface area contributed by atoms with E-state index in [2.05, 4.69) is 10.6 Å². The van der Waals surface area contributed by atoms with E-state index >= 15 is 0 Å². The van der Waals surface area contributed by atoms with Crippen LogP contribution in [-0.4, -0.2) is 24.8 Å². The van der Waals surface area contributed by atoms with Crippen LogP contribution >= 0.6 is 0 Å². The normalized spacial score (nSPS) is 14.6. The number of amides is 2. The van der Waals surface area contributed by atoms with Crippen molar-refractivity contribution < 1.29 is 14.6 Å². The molecule has 1 aromatic carbocycles. The van der Waals surface area contributed by atoms with Gasteiger partial charge in [-0.1, -0.05) is 12.5 Å². The second-order valence-electron chi connectivity index (χ2n) is 4.87. The van der Waals surface area contributed by atoms with Crippen molar-refractivity contribution in [3.8, 4) is 11.5 Å². The summed E-state index contributed by atoms with van der Waals surface area (Å²) in [5.74, 6) is 1.16. The summed E-state index contributed by atoms with van der Waals surface area (Å²) in [5, 5.41) is 15.2. The van der Waals surface area contributed by atoms with Gasteiger partial charge in [0, 0.05) is 13.1 Å². The summed E-state index contributed by atoms with van der Waals surface area (Å²) < 4.78 is 4.96. The largest absolute Gasteiger partial charge is 0.504 e. The van der Waals surface area contributed by atoms with E-state index in [0.717, 1.165) is 12.1 Å². The highest BCUT2D eigenvalue weighted by atomic mass is 16.5. The van der Waals surface area contributed by atoms with Crippen LogP contribution in [0.15, 0.2) is 18.2 Å². The summed E-state index contributed by atoms with van der Waals surface area (Å²) in [6.07, 6.45) is 3.71. The number of ether oxygens (including phenoxy) is 1. The monoisotopic (exact) mass is 264 g/mol. The van der Waals surface area contributed by atoms with E-state index in [1.54, 1.807) is 12.1 Å². The Morgan fingerprint density at radius 3 is 2.79 bits per heavy atom. The second kappa shape index (κ2) is 6.31. The van der Waals surface area contributed by atoms with Crippen molar-refractivity contribution in [2.75, 3.05) is 13.7 Å². The molecule has 1 saturated carbocycles. The molecule has 0 radical (unpaired) electrons. The molecule has 1 fully saturated rings. The highest BCUT2D eigenvalue weighted by Gasteiger charge is 2.17. The van der Waals surface area contributed by atoms with Crippen LogP contribution in [0.1, 0.15) is 24.8 Å². The highest BCUT2D eigenvalue weighted by Crippen LogP contribution is 2.26. The number of carbonyl (C=O) groups is 1. The Hall–Kier alpha value is -1.91. The van der Waals surface area contributed by atoms with Gasteiger partial charge in [0.25, 0.3) is 0 Å². The number of nitrogens with one attached hydrogen (secondary N) is 2. The van der Waals surface area contributed by atoms with Crippen LogP contribution in [0.4, 0.5) is 4.79 Å². The van der Waals surface area contributed by atoms with Crippen LogP contribution in [0.5, 0.6) is 11.5 Å². The fourth-order valence-electron chi connectivity index (χ4n) is 2.02. The Labute approximate surface area is 113 Å². The predicted octanol–water partition coefficient (Wildman–Crippen LogP) is 2.00. The Kier molecular flexibility index (Phi) is 4.49. The molecule has 0 spiro atoms. The van der Waals surface area contributed by atoms with E-state index in [1.807, 2.05) is 6.07 Å². The Bertz CT molecular complexity index is 444. The number of aromatic hydroxyl groups is 1. The molecule has 2 rings (SSSR count). The molecule has 1 aliphatic rings.